The Morgan fingerprint density at radius 3 is 1.67 bits per heavy atom. The lowest BCUT2D eigenvalue weighted by Crippen LogP contribution is -2.45. The zero-order valence-corrected chi connectivity index (χ0v) is 37.3. The molecular formula is C46H87N2O6P. The van der Waals surface area contributed by atoms with Gasteiger partial charge < -0.3 is 28.8 Å². The van der Waals surface area contributed by atoms with E-state index in [0.717, 1.165) is 51.4 Å². The summed E-state index contributed by atoms with van der Waals surface area (Å²) in [6.07, 6.45) is 47.4. The molecule has 8 nitrogen and oxygen atoms in total. The van der Waals surface area contributed by atoms with Gasteiger partial charge in [-0.3, -0.25) is 9.36 Å². The van der Waals surface area contributed by atoms with Crippen molar-refractivity contribution in [3.05, 3.63) is 48.6 Å². The molecule has 0 spiro atoms. The molecule has 0 aliphatic carbocycles. The molecule has 322 valence electrons. The van der Waals surface area contributed by atoms with Crippen LogP contribution in [0.25, 0.3) is 0 Å². The minimum atomic E-state index is -4.59. The van der Waals surface area contributed by atoms with E-state index in [-0.39, 0.29) is 12.5 Å². The second kappa shape index (κ2) is 38.0. The second-order valence-corrected chi connectivity index (χ2v) is 17.8. The molecule has 0 fully saturated rings. The first-order valence-corrected chi connectivity index (χ1v) is 24.0. The molecule has 0 heterocycles. The van der Waals surface area contributed by atoms with Gasteiger partial charge >= 0.3 is 0 Å². The van der Waals surface area contributed by atoms with Crippen LogP contribution >= 0.6 is 7.82 Å². The Hall–Kier alpha value is -1.54. The summed E-state index contributed by atoms with van der Waals surface area (Å²) in [5, 5.41) is 13.7. The SMILES string of the molecule is CC/C=C\C/C=C\CCCCCCCCCCCCCCCCC(=O)NC(COP(=O)([O-])OCC[N+](C)(C)C)C(O)/C=C/CC/C=C/CCCCCCCC. The van der Waals surface area contributed by atoms with Gasteiger partial charge in [0.05, 0.1) is 39.9 Å². The second-order valence-electron chi connectivity index (χ2n) is 16.4. The van der Waals surface area contributed by atoms with Gasteiger partial charge in [-0.25, -0.2) is 0 Å². The molecule has 0 radical (unpaired) electrons. The van der Waals surface area contributed by atoms with Crippen molar-refractivity contribution in [3.63, 3.8) is 0 Å². The van der Waals surface area contributed by atoms with Gasteiger partial charge in [0.1, 0.15) is 13.2 Å². The predicted octanol–water partition coefficient (Wildman–Crippen LogP) is 11.8. The number of allylic oxidation sites excluding steroid dienone is 7. The molecule has 0 bridgehead atoms. The number of carbonyl (C=O) groups excluding carboxylic acids is 1. The molecule has 3 atom stereocenters. The van der Waals surface area contributed by atoms with E-state index in [2.05, 4.69) is 55.6 Å². The lowest BCUT2D eigenvalue weighted by Gasteiger charge is -2.29. The van der Waals surface area contributed by atoms with E-state index in [1.54, 1.807) is 6.08 Å². The molecule has 3 unspecified atom stereocenters. The molecule has 0 aromatic rings. The summed E-state index contributed by atoms with van der Waals surface area (Å²) in [6.45, 7) is 4.50. The maximum atomic E-state index is 12.8. The molecule has 0 aromatic heterocycles. The summed E-state index contributed by atoms with van der Waals surface area (Å²) >= 11 is 0. The van der Waals surface area contributed by atoms with Crippen molar-refractivity contribution in [2.24, 2.45) is 0 Å². The number of likely N-dealkylation sites (N-methyl/N-ethyl adjacent to an activating group) is 1. The summed E-state index contributed by atoms with van der Waals surface area (Å²) in [5.41, 5.74) is 0. The van der Waals surface area contributed by atoms with E-state index in [1.165, 1.54) is 116 Å². The fourth-order valence-corrected chi connectivity index (χ4v) is 6.93. The maximum Gasteiger partial charge on any atom is 0.268 e. The van der Waals surface area contributed by atoms with Crippen molar-refractivity contribution in [2.45, 2.75) is 199 Å². The molecule has 0 aliphatic heterocycles. The number of rotatable bonds is 40. The fraction of sp³-hybridized carbons (Fsp3) is 0.804. The van der Waals surface area contributed by atoms with Crippen LogP contribution in [0.4, 0.5) is 0 Å². The normalized spacial score (nSPS) is 14.8. The molecule has 2 N–H and O–H groups in total. The van der Waals surface area contributed by atoms with Crippen molar-refractivity contribution in [1.29, 1.82) is 0 Å². The van der Waals surface area contributed by atoms with Gasteiger partial charge in [0, 0.05) is 6.42 Å². The minimum absolute atomic E-state index is 0.00713. The van der Waals surface area contributed by atoms with Crippen LogP contribution < -0.4 is 10.2 Å². The van der Waals surface area contributed by atoms with Crippen molar-refractivity contribution in [1.82, 2.24) is 5.32 Å². The van der Waals surface area contributed by atoms with E-state index < -0.39 is 26.6 Å². The van der Waals surface area contributed by atoms with Crippen molar-refractivity contribution < 1.29 is 32.9 Å². The minimum Gasteiger partial charge on any atom is -0.756 e. The fourth-order valence-electron chi connectivity index (χ4n) is 6.20. The van der Waals surface area contributed by atoms with Crippen molar-refractivity contribution in [3.8, 4) is 0 Å². The zero-order valence-electron chi connectivity index (χ0n) is 36.4. The number of quaternary nitrogens is 1. The van der Waals surface area contributed by atoms with Gasteiger partial charge in [0.15, 0.2) is 0 Å². The van der Waals surface area contributed by atoms with Crippen LogP contribution in [0.5, 0.6) is 0 Å². The van der Waals surface area contributed by atoms with E-state index >= 15 is 0 Å². The maximum absolute atomic E-state index is 12.8. The van der Waals surface area contributed by atoms with Gasteiger partial charge in [-0.1, -0.05) is 172 Å². The van der Waals surface area contributed by atoms with Gasteiger partial charge in [-0.2, -0.15) is 0 Å². The number of carbonyl (C=O) groups is 1. The Labute approximate surface area is 339 Å². The molecule has 0 aliphatic rings. The number of hydrogen-bond donors (Lipinski definition) is 2. The molecular weight excluding hydrogens is 707 g/mol. The summed E-state index contributed by atoms with van der Waals surface area (Å²) in [6, 6.07) is -0.901. The van der Waals surface area contributed by atoms with E-state index in [1.807, 2.05) is 27.2 Å². The lowest BCUT2D eigenvalue weighted by molar-refractivity contribution is -0.870. The monoisotopic (exact) mass is 795 g/mol. The number of unbranched alkanes of at least 4 members (excludes halogenated alkanes) is 21. The van der Waals surface area contributed by atoms with Crippen LogP contribution in [0.15, 0.2) is 48.6 Å². The number of hydrogen-bond acceptors (Lipinski definition) is 6. The van der Waals surface area contributed by atoms with Crippen LogP contribution in [0.1, 0.15) is 187 Å². The van der Waals surface area contributed by atoms with Gasteiger partial charge in [-0.15, -0.1) is 0 Å². The highest BCUT2D eigenvalue weighted by molar-refractivity contribution is 7.45. The molecule has 0 rings (SSSR count). The van der Waals surface area contributed by atoms with E-state index in [0.29, 0.717) is 17.4 Å². The van der Waals surface area contributed by atoms with Crippen LogP contribution in [0, 0.1) is 0 Å². The molecule has 1 amide bonds. The Morgan fingerprint density at radius 2 is 1.13 bits per heavy atom. The highest BCUT2D eigenvalue weighted by Crippen LogP contribution is 2.38. The number of amides is 1. The van der Waals surface area contributed by atoms with Crippen LogP contribution in [0.3, 0.4) is 0 Å². The summed E-state index contributed by atoms with van der Waals surface area (Å²) in [7, 11) is 1.24. The first-order valence-electron chi connectivity index (χ1n) is 22.5. The third-order valence-corrected chi connectivity index (χ3v) is 10.7. The quantitative estimate of drug-likeness (QED) is 0.0277. The zero-order chi connectivity index (χ0) is 40.7. The number of nitrogens with one attached hydrogen (secondary N) is 1. The van der Waals surface area contributed by atoms with E-state index in [4.69, 9.17) is 9.05 Å². The topological polar surface area (TPSA) is 108 Å². The first kappa shape index (κ1) is 53.5. The van der Waals surface area contributed by atoms with Crippen LogP contribution in [0.2, 0.25) is 0 Å². The Bertz CT molecular complexity index is 1040. The molecule has 0 aromatic carbocycles. The van der Waals surface area contributed by atoms with Gasteiger partial charge in [0.25, 0.3) is 7.82 Å². The third-order valence-electron chi connectivity index (χ3n) is 9.77. The van der Waals surface area contributed by atoms with Crippen LogP contribution in [-0.4, -0.2) is 68.5 Å². The standard InChI is InChI=1S/C46H87N2O6P/c1-6-8-10-12-14-16-18-20-21-22-23-24-25-26-27-28-30-32-34-36-38-40-46(50)47-44(43-54-55(51,52)53-42-41-48(3,4)5)45(49)39-37-35-33-31-29-19-17-15-13-11-9-7-2/h8,10,14,16,29,31,37,39,44-45,49H,6-7,9,11-13,15,17-28,30,32-36,38,40-43H2,1-5H3,(H-,47,50,51,52)/b10-8-,16-14-,31-29+,39-37+. The number of phosphoric ester groups is 1. The number of nitrogens with zero attached hydrogens (tertiary/aromatic N) is 1. The summed E-state index contributed by atoms with van der Waals surface area (Å²) in [5.74, 6) is -0.210. The number of phosphoric acid groups is 1. The highest BCUT2D eigenvalue weighted by Gasteiger charge is 2.23. The molecule has 0 saturated carbocycles. The Kier molecular flexibility index (Phi) is 36.9. The Balaban J connectivity index is 4.34. The smallest absolute Gasteiger partial charge is 0.268 e. The van der Waals surface area contributed by atoms with Crippen molar-refractivity contribution in [2.75, 3.05) is 40.9 Å². The van der Waals surface area contributed by atoms with Gasteiger partial charge in [-0.05, 0) is 57.8 Å². The Morgan fingerprint density at radius 1 is 0.655 bits per heavy atom. The highest BCUT2D eigenvalue weighted by atomic mass is 31.2. The summed E-state index contributed by atoms with van der Waals surface area (Å²) < 4.78 is 23.2. The average Bonchev–Trinajstić information content (AvgIpc) is 3.13. The molecule has 55 heavy (non-hydrogen) atoms. The molecule has 0 saturated heterocycles. The number of aliphatic hydroxyl groups excluding tert-OH is 1. The van der Waals surface area contributed by atoms with Gasteiger partial charge in [0.2, 0.25) is 5.91 Å². The largest absolute Gasteiger partial charge is 0.756 e. The summed E-state index contributed by atoms with van der Waals surface area (Å²) in [4.78, 5) is 25.3. The predicted molar refractivity (Wildman–Crippen MR) is 233 cm³/mol. The lowest BCUT2D eigenvalue weighted by atomic mass is 10.0. The van der Waals surface area contributed by atoms with E-state index in [9.17, 15) is 19.4 Å². The third kappa shape index (κ3) is 40.5. The molecule has 9 heteroatoms. The van der Waals surface area contributed by atoms with Crippen LogP contribution in [-0.2, 0) is 18.4 Å². The average molecular weight is 795 g/mol. The first-order chi connectivity index (χ1) is 26.5. The van der Waals surface area contributed by atoms with Crippen molar-refractivity contribution >= 4 is 13.7 Å². The number of aliphatic hydroxyl groups is 1.